The molecule has 1 rings (SSSR count). The van der Waals surface area contributed by atoms with Gasteiger partial charge in [-0.2, -0.15) is 5.10 Å². The zero-order valence-electron chi connectivity index (χ0n) is 10.5. The Morgan fingerprint density at radius 2 is 2.29 bits per heavy atom. The fourth-order valence-electron chi connectivity index (χ4n) is 1.49. The van der Waals surface area contributed by atoms with E-state index in [9.17, 15) is 4.79 Å². The Balaban J connectivity index is 2.82. The lowest BCUT2D eigenvalue weighted by atomic mass is 10.1. The minimum atomic E-state index is -0.171. The normalized spacial score (nSPS) is 13.1. The molecule has 0 aliphatic heterocycles. The van der Waals surface area contributed by atoms with Gasteiger partial charge in [0.15, 0.2) is 5.78 Å². The number of aromatic nitrogens is 2. The predicted octanol–water partition coefficient (Wildman–Crippen LogP) is 1.02. The first-order valence-corrected chi connectivity index (χ1v) is 5.94. The van der Waals surface area contributed by atoms with Crippen LogP contribution in [0.1, 0.15) is 23.8 Å². The summed E-state index contributed by atoms with van der Waals surface area (Å²) in [5, 5.41) is 4.51. The van der Waals surface area contributed by atoms with E-state index in [4.69, 9.17) is 17.3 Å². The molecule has 5 nitrogen and oxygen atoms in total. The van der Waals surface area contributed by atoms with Crippen LogP contribution in [0, 0.1) is 0 Å². The van der Waals surface area contributed by atoms with Crippen LogP contribution in [0.3, 0.4) is 0 Å². The van der Waals surface area contributed by atoms with Crippen molar-refractivity contribution in [2.75, 3.05) is 20.6 Å². The zero-order valence-corrected chi connectivity index (χ0v) is 11.2. The molecule has 0 aromatic carbocycles. The summed E-state index contributed by atoms with van der Waals surface area (Å²) in [5.74, 6) is -0.0544. The van der Waals surface area contributed by atoms with Crippen LogP contribution in [0.2, 0.25) is 5.02 Å². The molecule has 0 spiro atoms. The zero-order chi connectivity index (χ0) is 13.0. The van der Waals surface area contributed by atoms with Gasteiger partial charge in [-0.3, -0.25) is 9.48 Å². The van der Waals surface area contributed by atoms with Gasteiger partial charge < -0.3 is 10.6 Å². The third kappa shape index (κ3) is 4.11. The van der Waals surface area contributed by atoms with Gasteiger partial charge in [-0.25, -0.2) is 0 Å². The Kier molecular flexibility index (Phi) is 5.11. The first kappa shape index (κ1) is 14.2. The van der Waals surface area contributed by atoms with Gasteiger partial charge in [-0.15, -0.1) is 0 Å². The largest absolute Gasteiger partial charge is 0.328 e. The van der Waals surface area contributed by atoms with Crippen LogP contribution in [0.15, 0.2) is 6.20 Å². The van der Waals surface area contributed by atoms with Gasteiger partial charge in [0.05, 0.1) is 17.8 Å². The maximum absolute atomic E-state index is 12.0. The molecule has 1 heterocycles. The Hall–Kier alpha value is -0.910. The number of nitrogens with two attached hydrogens (primary N) is 1. The van der Waals surface area contributed by atoms with Crippen molar-refractivity contribution < 1.29 is 4.79 Å². The quantitative estimate of drug-likeness (QED) is 0.774. The number of halogens is 1. The van der Waals surface area contributed by atoms with E-state index in [1.165, 1.54) is 6.20 Å². The van der Waals surface area contributed by atoms with Gasteiger partial charge in [0.2, 0.25) is 0 Å². The molecular weight excluding hydrogens is 240 g/mol. The fourth-order valence-corrected chi connectivity index (χ4v) is 1.74. The lowest BCUT2D eigenvalue weighted by molar-refractivity contribution is 0.0965. The molecule has 0 amide bonds. The van der Waals surface area contributed by atoms with E-state index in [0.29, 0.717) is 17.3 Å². The highest BCUT2D eigenvalue weighted by molar-refractivity contribution is 6.33. The minimum Gasteiger partial charge on any atom is -0.328 e. The summed E-state index contributed by atoms with van der Waals surface area (Å²) in [7, 11) is 3.93. The summed E-state index contributed by atoms with van der Waals surface area (Å²) < 4.78 is 1.65. The van der Waals surface area contributed by atoms with Crippen molar-refractivity contribution >= 4 is 17.4 Å². The Bertz CT molecular complexity index is 387. The molecule has 0 bridgehead atoms. The maximum atomic E-state index is 12.0. The molecule has 1 unspecified atom stereocenters. The van der Waals surface area contributed by atoms with Crippen LogP contribution in [-0.4, -0.2) is 47.1 Å². The van der Waals surface area contributed by atoms with Crippen LogP contribution in [0.4, 0.5) is 0 Å². The molecule has 0 aliphatic rings. The molecule has 0 saturated carbocycles. The summed E-state index contributed by atoms with van der Waals surface area (Å²) in [6.45, 7) is 3.24. The molecule has 6 heteroatoms. The van der Waals surface area contributed by atoms with Crippen molar-refractivity contribution in [1.82, 2.24) is 14.7 Å². The van der Waals surface area contributed by atoms with E-state index in [1.54, 1.807) is 11.6 Å². The lowest BCUT2D eigenvalue weighted by Gasteiger charge is -2.12. The molecule has 17 heavy (non-hydrogen) atoms. The second-order valence-corrected chi connectivity index (χ2v) is 4.88. The topological polar surface area (TPSA) is 64.2 Å². The van der Waals surface area contributed by atoms with Crippen LogP contribution in [0.25, 0.3) is 0 Å². The third-order valence-electron chi connectivity index (χ3n) is 2.33. The molecule has 0 saturated heterocycles. The highest BCUT2D eigenvalue weighted by atomic mass is 35.5. The lowest BCUT2D eigenvalue weighted by Crippen LogP contribution is -2.24. The molecule has 1 aromatic heterocycles. The number of rotatable bonds is 6. The second kappa shape index (κ2) is 6.14. The summed E-state index contributed by atoms with van der Waals surface area (Å²) in [6.07, 6.45) is 1.79. The molecule has 0 aliphatic carbocycles. The average Bonchev–Trinajstić information content (AvgIpc) is 2.55. The standard InChI is InChI=1S/C11H19ClN4O/c1-8(13)6-10(17)11-9(12)7-14-16(11)5-4-15(2)3/h7-8H,4-6,13H2,1-3H3. The smallest absolute Gasteiger partial charge is 0.183 e. The number of carbonyl (C=O) groups excluding carboxylic acids is 1. The van der Waals surface area contributed by atoms with Gasteiger partial charge >= 0.3 is 0 Å². The SMILES string of the molecule is CC(N)CC(=O)c1c(Cl)cnn1CCN(C)C. The maximum Gasteiger partial charge on any atom is 0.183 e. The summed E-state index contributed by atoms with van der Waals surface area (Å²) in [4.78, 5) is 14.0. The molecule has 1 atom stereocenters. The Morgan fingerprint density at radius 1 is 1.65 bits per heavy atom. The molecule has 2 N–H and O–H groups in total. The summed E-state index contributed by atoms with van der Waals surface area (Å²) >= 11 is 5.98. The van der Waals surface area contributed by atoms with Gasteiger partial charge in [0.1, 0.15) is 5.69 Å². The number of nitrogens with zero attached hydrogens (tertiary/aromatic N) is 3. The van der Waals surface area contributed by atoms with Crippen molar-refractivity contribution in [3.05, 3.63) is 16.9 Å². The van der Waals surface area contributed by atoms with Crippen molar-refractivity contribution in [2.24, 2.45) is 5.73 Å². The average molecular weight is 259 g/mol. The number of hydrogen-bond acceptors (Lipinski definition) is 4. The highest BCUT2D eigenvalue weighted by Gasteiger charge is 2.18. The molecule has 0 radical (unpaired) electrons. The minimum absolute atomic E-state index is 0.0544. The van der Waals surface area contributed by atoms with Crippen molar-refractivity contribution in [2.45, 2.75) is 25.9 Å². The number of Topliss-reactive ketones (excluding diaryl/α,β-unsaturated/α-hetero) is 1. The number of ketones is 1. The van der Waals surface area contributed by atoms with E-state index in [1.807, 2.05) is 19.0 Å². The molecule has 0 fully saturated rings. The van der Waals surface area contributed by atoms with Crippen molar-refractivity contribution in [3.63, 3.8) is 0 Å². The van der Waals surface area contributed by atoms with Crippen molar-refractivity contribution in [3.8, 4) is 0 Å². The van der Waals surface area contributed by atoms with Gasteiger partial charge in [-0.1, -0.05) is 11.6 Å². The van der Waals surface area contributed by atoms with E-state index < -0.39 is 0 Å². The van der Waals surface area contributed by atoms with Crippen molar-refractivity contribution in [1.29, 1.82) is 0 Å². The van der Waals surface area contributed by atoms with Gasteiger partial charge in [-0.05, 0) is 21.0 Å². The van der Waals surface area contributed by atoms with E-state index >= 15 is 0 Å². The number of likely N-dealkylation sites (N-methyl/N-ethyl adjacent to an activating group) is 1. The van der Waals surface area contributed by atoms with Gasteiger partial charge in [0.25, 0.3) is 0 Å². The highest BCUT2D eigenvalue weighted by Crippen LogP contribution is 2.17. The number of carbonyl (C=O) groups is 1. The Morgan fingerprint density at radius 3 is 2.82 bits per heavy atom. The van der Waals surface area contributed by atoms with E-state index in [2.05, 4.69) is 5.10 Å². The predicted molar refractivity (Wildman–Crippen MR) is 68.4 cm³/mol. The first-order chi connectivity index (χ1) is 7.91. The molecular formula is C11H19ClN4O. The van der Waals surface area contributed by atoms with E-state index in [-0.39, 0.29) is 18.2 Å². The monoisotopic (exact) mass is 258 g/mol. The fraction of sp³-hybridized carbons (Fsp3) is 0.636. The van der Waals surface area contributed by atoms with Crippen LogP contribution in [-0.2, 0) is 6.54 Å². The number of hydrogen-bond donors (Lipinski definition) is 1. The molecule has 96 valence electrons. The summed E-state index contributed by atoms with van der Waals surface area (Å²) in [6, 6.07) is -0.171. The second-order valence-electron chi connectivity index (χ2n) is 4.47. The van der Waals surface area contributed by atoms with Crippen LogP contribution < -0.4 is 5.73 Å². The van der Waals surface area contributed by atoms with Crippen LogP contribution in [0.5, 0.6) is 0 Å². The summed E-state index contributed by atoms with van der Waals surface area (Å²) in [5.41, 5.74) is 6.08. The third-order valence-corrected chi connectivity index (χ3v) is 2.60. The first-order valence-electron chi connectivity index (χ1n) is 5.56. The van der Waals surface area contributed by atoms with Crippen LogP contribution >= 0.6 is 11.6 Å². The van der Waals surface area contributed by atoms with Gasteiger partial charge in [0, 0.05) is 19.0 Å². The Labute approximate surface area is 107 Å². The van der Waals surface area contributed by atoms with E-state index in [0.717, 1.165) is 6.54 Å². The molecule has 1 aromatic rings.